The van der Waals surface area contributed by atoms with Crippen LogP contribution in [-0.2, 0) is 6.42 Å². The van der Waals surface area contributed by atoms with E-state index >= 15 is 0 Å². The summed E-state index contributed by atoms with van der Waals surface area (Å²) in [6, 6.07) is 9.91. The molecular weight excluding hydrogens is 298 g/mol. The molecule has 22 heavy (non-hydrogen) atoms. The number of nitrogens with zero attached hydrogens (tertiary/aromatic N) is 4. The maximum Gasteiger partial charge on any atom is 0.239 e. The highest BCUT2D eigenvalue weighted by molar-refractivity contribution is 7.99. The lowest BCUT2D eigenvalue weighted by molar-refractivity contribution is 0.374. The first-order valence-corrected chi connectivity index (χ1v) is 8.11. The summed E-state index contributed by atoms with van der Waals surface area (Å²) in [4.78, 5) is 8.89. The molecule has 0 bridgehead atoms. The van der Waals surface area contributed by atoms with Gasteiger partial charge in [0.25, 0.3) is 0 Å². The van der Waals surface area contributed by atoms with Crippen molar-refractivity contribution in [1.82, 2.24) is 25.3 Å². The van der Waals surface area contributed by atoms with Crippen LogP contribution in [0.25, 0.3) is 11.4 Å². The van der Waals surface area contributed by atoms with Crippen molar-refractivity contribution < 1.29 is 4.52 Å². The summed E-state index contributed by atoms with van der Waals surface area (Å²) in [5.41, 5.74) is 1.01. The molecule has 3 rings (SSSR count). The normalized spacial score (nSPS) is 12.5. The van der Waals surface area contributed by atoms with Crippen LogP contribution in [0.5, 0.6) is 0 Å². The second-order valence-electron chi connectivity index (χ2n) is 4.89. The van der Waals surface area contributed by atoms with Crippen molar-refractivity contribution in [2.45, 2.75) is 37.1 Å². The summed E-state index contributed by atoms with van der Waals surface area (Å²) < 4.78 is 5.29. The molecule has 0 saturated carbocycles. The number of H-pyrrole nitrogens is 1. The molecule has 1 unspecified atom stereocenters. The van der Waals surface area contributed by atoms with E-state index in [0.29, 0.717) is 11.0 Å². The van der Waals surface area contributed by atoms with Crippen molar-refractivity contribution in [1.29, 1.82) is 0 Å². The van der Waals surface area contributed by atoms with Gasteiger partial charge in [-0.2, -0.15) is 4.98 Å². The van der Waals surface area contributed by atoms with Gasteiger partial charge in [-0.15, -0.1) is 5.10 Å². The van der Waals surface area contributed by atoms with Crippen LogP contribution in [0, 0.1) is 0 Å². The molecule has 0 saturated heterocycles. The third kappa shape index (κ3) is 3.36. The van der Waals surface area contributed by atoms with Crippen LogP contribution < -0.4 is 0 Å². The highest BCUT2D eigenvalue weighted by atomic mass is 32.2. The molecule has 7 heteroatoms. The molecule has 2 heterocycles. The van der Waals surface area contributed by atoms with Gasteiger partial charge < -0.3 is 4.52 Å². The van der Waals surface area contributed by atoms with E-state index in [1.165, 1.54) is 11.8 Å². The lowest BCUT2D eigenvalue weighted by Gasteiger charge is -2.01. The summed E-state index contributed by atoms with van der Waals surface area (Å²) in [5.74, 6) is 2.12. The second kappa shape index (κ2) is 6.74. The van der Waals surface area contributed by atoms with Crippen molar-refractivity contribution in [2.24, 2.45) is 0 Å². The van der Waals surface area contributed by atoms with Gasteiger partial charge in [-0.25, -0.2) is 4.98 Å². The number of benzene rings is 1. The van der Waals surface area contributed by atoms with Gasteiger partial charge in [0, 0.05) is 12.0 Å². The van der Waals surface area contributed by atoms with Gasteiger partial charge in [-0.1, -0.05) is 54.2 Å². The largest absolute Gasteiger partial charge is 0.338 e. The Labute approximate surface area is 132 Å². The van der Waals surface area contributed by atoms with Gasteiger partial charge in [0.2, 0.25) is 11.0 Å². The molecule has 1 aromatic carbocycles. The molecule has 0 fully saturated rings. The topological polar surface area (TPSA) is 80.5 Å². The molecule has 0 amide bonds. The van der Waals surface area contributed by atoms with Crippen LogP contribution in [0.4, 0.5) is 0 Å². The Hall–Kier alpha value is -2.15. The maximum atomic E-state index is 5.29. The minimum Gasteiger partial charge on any atom is -0.338 e. The number of aryl methyl sites for hydroxylation is 1. The molecule has 114 valence electrons. The highest BCUT2D eigenvalue weighted by Gasteiger charge is 2.18. The lowest BCUT2D eigenvalue weighted by atomic mass is 10.2. The molecule has 1 N–H and O–H groups in total. The molecule has 1 atom stereocenters. The number of aromatic amines is 1. The van der Waals surface area contributed by atoms with E-state index in [1.807, 2.05) is 37.3 Å². The van der Waals surface area contributed by atoms with E-state index in [9.17, 15) is 0 Å². The van der Waals surface area contributed by atoms with E-state index in [-0.39, 0.29) is 5.25 Å². The molecule has 0 aliphatic rings. The van der Waals surface area contributed by atoms with E-state index in [1.54, 1.807) is 0 Å². The van der Waals surface area contributed by atoms with Gasteiger partial charge in [0.05, 0.1) is 5.25 Å². The minimum atomic E-state index is 0.0116. The predicted octanol–water partition coefficient (Wildman–Crippen LogP) is 3.66. The fraction of sp³-hybridized carbons (Fsp3) is 0.333. The van der Waals surface area contributed by atoms with Crippen LogP contribution >= 0.6 is 11.8 Å². The highest BCUT2D eigenvalue weighted by Crippen LogP contribution is 2.32. The average molecular weight is 315 g/mol. The number of nitrogens with one attached hydrogen (secondary N) is 1. The van der Waals surface area contributed by atoms with Crippen molar-refractivity contribution in [3.8, 4) is 11.4 Å². The number of hydrogen-bond donors (Lipinski definition) is 1. The Morgan fingerprint density at radius 2 is 2.05 bits per heavy atom. The zero-order valence-electron chi connectivity index (χ0n) is 12.5. The summed E-state index contributed by atoms with van der Waals surface area (Å²) in [7, 11) is 0. The molecule has 0 radical (unpaired) electrons. The molecule has 3 aromatic rings. The standard InChI is InChI=1S/C15H17N5OS/c1-3-7-12-16-14(21-20-12)10(2)22-15-17-13(18-19-15)11-8-5-4-6-9-11/h4-6,8-10H,3,7H2,1-2H3,(H,17,18,19). The molecule has 6 nitrogen and oxygen atoms in total. The quantitative estimate of drug-likeness (QED) is 0.699. The second-order valence-corrected chi connectivity index (χ2v) is 6.20. The Kier molecular flexibility index (Phi) is 4.53. The Balaban J connectivity index is 1.69. The van der Waals surface area contributed by atoms with Gasteiger partial charge in [-0.3, -0.25) is 5.10 Å². The van der Waals surface area contributed by atoms with E-state index in [4.69, 9.17) is 4.52 Å². The first-order valence-electron chi connectivity index (χ1n) is 7.23. The van der Waals surface area contributed by atoms with Crippen LogP contribution in [-0.4, -0.2) is 25.3 Å². The molecular formula is C15H17N5OS. The van der Waals surface area contributed by atoms with Crippen LogP contribution in [0.3, 0.4) is 0 Å². The van der Waals surface area contributed by atoms with Crippen LogP contribution in [0.1, 0.15) is 37.2 Å². The minimum absolute atomic E-state index is 0.0116. The number of thioether (sulfide) groups is 1. The summed E-state index contributed by atoms with van der Waals surface area (Å²) >= 11 is 1.49. The zero-order valence-corrected chi connectivity index (χ0v) is 13.3. The Morgan fingerprint density at radius 1 is 1.23 bits per heavy atom. The van der Waals surface area contributed by atoms with Crippen molar-refractivity contribution >= 4 is 11.8 Å². The monoisotopic (exact) mass is 315 g/mol. The third-order valence-electron chi connectivity index (χ3n) is 3.10. The number of hydrogen-bond acceptors (Lipinski definition) is 6. The zero-order chi connectivity index (χ0) is 15.4. The van der Waals surface area contributed by atoms with E-state index < -0.39 is 0 Å². The molecule has 0 aliphatic carbocycles. The summed E-state index contributed by atoms with van der Waals surface area (Å²) in [6.45, 7) is 4.10. The van der Waals surface area contributed by atoms with Crippen molar-refractivity contribution in [2.75, 3.05) is 0 Å². The van der Waals surface area contributed by atoms with Crippen LogP contribution in [0.2, 0.25) is 0 Å². The molecule has 2 aromatic heterocycles. The maximum absolute atomic E-state index is 5.29. The van der Waals surface area contributed by atoms with E-state index in [0.717, 1.165) is 30.1 Å². The van der Waals surface area contributed by atoms with Gasteiger partial charge >= 0.3 is 0 Å². The summed E-state index contributed by atoms with van der Waals surface area (Å²) in [5, 5.41) is 11.8. The van der Waals surface area contributed by atoms with Crippen LogP contribution in [0.15, 0.2) is 40.0 Å². The SMILES string of the molecule is CCCc1noc(C(C)Sc2n[nH]c(-c3ccccc3)n2)n1. The Bertz CT molecular complexity index is 724. The van der Waals surface area contributed by atoms with Gasteiger partial charge in [0.15, 0.2) is 11.6 Å². The molecule has 0 aliphatic heterocycles. The van der Waals surface area contributed by atoms with E-state index in [2.05, 4.69) is 32.2 Å². The fourth-order valence-corrected chi connectivity index (χ4v) is 2.75. The summed E-state index contributed by atoms with van der Waals surface area (Å²) in [6.07, 6.45) is 1.83. The lowest BCUT2D eigenvalue weighted by Crippen LogP contribution is -1.91. The predicted molar refractivity (Wildman–Crippen MR) is 84.4 cm³/mol. The first-order chi connectivity index (χ1) is 10.8. The smallest absolute Gasteiger partial charge is 0.239 e. The van der Waals surface area contributed by atoms with Gasteiger partial charge in [0.1, 0.15) is 0 Å². The average Bonchev–Trinajstić information content (AvgIpc) is 3.18. The number of rotatable bonds is 6. The number of aromatic nitrogens is 5. The van der Waals surface area contributed by atoms with Gasteiger partial charge in [-0.05, 0) is 13.3 Å². The molecule has 0 spiro atoms. The van der Waals surface area contributed by atoms with Crippen molar-refractivity contribution in [3.05, 3.63) is 42.0 Å². The first kappa shape index (κ1) is 14.8. The third-order valence-corrected chi connectivity index (χ3v) is 4.05. The fourth-order valence-electron chi connectivity index (χ4n) is 1.99. The Morgan fingerprint density at radius 3 is 2.82 bits per heavy atom. The van der Waals surface area contributed by atoms with Crippen molar-refractivity contribution in [3.63, 3.8) is 0 Å².